The molecule has 2 amide bonds. The lowest BCUT2D eigenvalue weighted by Crippen LogP contribution is -2.46. The number of nitrogens with zero attached hydrogens (tertiary/aromatic N) is 4. The van der Waals surface area contributed by atoms with Crippen LogP contribution in [-0.2, 0) is 23.9 Å². The molecule has 1 aromatic carbocycles. The fraction of sp³-hybridized carbons (Fsp3) is 0.400. The quantitative estimate of drug-likeness (QED) is 0.438. The molecular formula is C25H29FN6O6. The van der Waals surface area contributed by atoms with Crippen molar-refractivity contribution in [3.05, 3.63) is 69.3 Å². The molecule has 13 heteroatoms. The van der Waals surface area contributed by atoms with Gasteiger partial charge in [0.1, 0.15) is 11.6 Å². The number of benzene rings is 1. The van der Waals surface area contributed by atoms with Gasteiger partial charge in [-0.1, -0.05) is 12.1 Å². The Morgan fingerprint density at radius 2 is 1.68 bits per heavy atom. The van der Waals surface area contributed by atoms with E-state index in [1.807, 2.05) is 0 Å². The summed E-state index contributed by atoms with van der Waals surface area (Å²) < 4.78 is 24.8. The highest BCUT2D eigenvalue weighted by Crippen LogP contribution is 2.23. The molecule has 0 aliphatic carbocycles. The second kappa shape index (κ2) is 10.5. The van der Waals surface area contributed by atoms with E-state index < -0.39 is 51.6 Å². The Hall–Kier alpha value is -4.42. The summed E-state index contributed by atoms with van der Waals surface area (Å²) in [6.07, 6.45) is 0. The third-order valence-corrected chi connectivity index (χ3v) is 5.34. The maximum absolute atomic E-state index is 13.4. The average molecular weight is 529 g/mol. The molecule has 202 valence electrons. The standard InChI is InChI=1S/C25H29FN6O6/c1-13-30-31-20(37-13)19(34)29-25(5,6)22-28-16(18(33)27-12-14-8-10-15(26)11-9-14)17(21(35)32(22)7)38-23(36)24(2,3)4/h8-11H,12H2,1-7H3,(H,27,33)(H,29,34). The molecule has 0 spiro atoms. The van der Waals surface area contributed by atoms with Crippen molar-refractivity contribution in [1.29, 1.82) is 0 Å². The van der Waals surface area contributed by atoms with Crippen molar-refractivity contribution in [3.63, 3.8) is 0 Å². The number of hydrogen-bond acceptors (Lipinski definition) is 9. The van der Waals surface area contributed by atoms with Gasteiger partial charge in [0.25, 0.3) is 11.5 Å². The van der Waals surface area contributed by atoms with Gasteiger partial charge in [-0.25, -0.2) is 9.37 Å². The van der Waals surface area contributed by atoms with Gasteiger partial charge in [0.2, 0.25) is 11.6 Å². The number of carbonyl (C=O) groups excluding carboxylic acids is 3. The molecular weight excluding hydrogens is 499 g/mol. The van der Waals surface area contributed by atoms with Crippen molar-refractivity contribution >= 4 is 17.8 Å². The fourth-order valence-corrected chi connectivity index (χ4v) is 3.28. The van der Waals surface area contributed by atoms with Crippen molar-refractivity contribution in [2.24, 2.45) is 12.5 Å². The number of hydrogen-bond donors (Lipinski definition) is 2. The molecule has 2 N–H and O–H groups in total. The third kappa shape index (κ3) is 6.28. The highest BCUT2D eigenvalue weighted by molar-refractivity contribution is 5.96. The first-order valence-corrected chi connectivity index (χ1v) is 11.6. The van der Waals surface area contributed by atoms with Gasteiger partial charge in [0, 0.05) is 20.5 Å². The first-order chi connectivity index (χ1) is 17.6. The van der Waals surface area contributed by atoms with Crippen LogP contribution >= 0.6 is 0 Å². The zero-order chi connectivity index (χ0) is 28.4. The lowest BCUT2D eigenvalue weighted by molar-refractivity contribution is -0.143. The molecule has 0 aliphatic rings. The molecule has 2 aromatic heterocycles. The Balaban J connectivity index is 2.03. The zero-order valence-corrected chi connectivity index (χ0v) is 22.1. The van der Waals surface area contributed by atoms with E-state index in [0.717, 1.165) is 4.57 Å². The highest BCUT2D eigenvalue weighted by atomic mass is 19.1. The lowest BCUT2D eigenvalue weighted by atomic mass is 9.97. The topological polar surface area (TPSA) is 158 Å². The van der Waals surface area contributed by atoms with Crippen LogP contribution in [0.5, 0.6) is 5.75 Å². The minimum Gasteiger partial charge on any atom is -0.418 e. The number of esters is 1. The van der Waals surface area contributed by atoms with E-state index in [1.54, 1.807) is 34.6 Å². The van der Waals surface area contributed by atoms with Crippen LogP contribution in [0, 0.1) is 18.2 Å². The minimum absolute atomic E-state index is 0.0189. The Kier molecular flexibility index (Phi) is 7.79. The summed E-state index contributed by atoms with van der Waals surface area (Å²) in [5, 5.41) is 12.5. The van der Waals surface area contributed by atoms with Crippen LogP contribution in [0.1, 0.15) is 73.1 Å². The van der Waals surface area contributed by atoms with E-state index in [9.17, 15) is 23.6 Å². The van der Waals surface area contributed by atoms with Crippen molar-refractivity contribution in [2.75, 3.05) is 0 Å². The Morgan fingerprint density at radius 1 is 1.05 bits per heavy atom. The van der Waals surface area contributed by atoms with E-state index in [2.05, 4.69) is 25.8 Å². The van der Waals surface area contributed by atoms with Crippen LogP contribution in [0.4, 0.5) is 4.39 Å². The van der Waals surface area contributed by atoms with Crippen LogP contribution in [0.15, 0.2) is 33.5 Å². The van der Waals surface area contributed by atoms with Crippen LogP contribution in [0.25, 0.3) is 0 Å². The summed E-state index contributed by atoms with van der Waals surface area (Å²) in [6.45, 7) is 9.38. The summed E-state index contributed by atoms with van der Waals surface area (Å²) in [5.41, 5.74) is -3.01. The number of ether oxygens (including phenoxy) is 1. The van der Waals surface area contributed by atoms with Gasteiger partial charge in [0.15, 0.2) is 5.69 Å². The lowest BCUT2D eigenvalue weighted by Gasteiger charge is -2.28. The van der Waals surface area contributed by atoms with Crippen molar-refractivity contribution in [1.82, 2.24) is 30.4 Å². The molecule has 0 radical (unpaired) electrons. The molecule has 3 rings (SSSR count). The van der Waals surface area contributed by atoms with Crippen LogP contribution < -0.4 is 20.9 Å². The van der Waals surface area contributed by atoms with Crippen molar-refractivity contribution in [3.8, 4) is 5.75 Å². The van der Waals surface area contributed by atoms with Gasteiger partial charge < -0.3 is 19.8 Å². The van der Waals surface area contributed by atoms with Gasteiger partial charge in [-0.05, 0) is 52.3 Å². The molecule has 0 saturated carbocycles. The molecule has 0 atom stereocenters. The van der Waals surface area contributed by atoms with Crippen LogP contribution in [0.3, 0.4) is 0 Å². The fourth-order valence-electron chi connectivity index (χ4n) is 3.28. The van der Waals surface area contributed by atoms with E-state index >= 15 is 0 Å². The summed E-state index contributed by atoms with van der Waals surface area (Å²) >= 11 is 0. The molecule has 38 heavy (non-hydrogen) atoms. The number of aryl methyl sites for hydroxylation is 1. The maximum atomic E-state index is 13.4. The first-order valence-electron chi connectivity index (χ1n) is 11.6. The van der Waals surface area contributed by atoms with Gasteiger partial charge in [-0.2, -0.15) is 0 Å². The number of halogens is 1. The minimum atomic E-state index is -1.33. The van der Waals surface area contributed by atoms with Gasteiger partial charge in [0.05, 0.1) is 11.0 Å². The van der Waals surface area contributed by atoms with Crippen molar-refractivity contribution in [2.45, 2.75) is 53.6 Å². The molecule has 0 aliphatic heterocycles. The number of aromatic nitrogens is 4. The Labute approximate surface area is 217 Å². The van der Waals surface area contributed by atoms with E-state index in [4.69, 9.17) is 9.15 Å². The van der Waals surface area contributed by atoms with E-state index in [1.165, 1.54) is 38.2 Å². The molecule has 12 nitrogen and oxygen atoms in total. The SMILES string of the molecule is Cc1nnc(C(=O)NC(C)(C)c2nc(C(=O)NCc3ccc(F)cc3)c(OC(=O)C(C)(C)C)c(=O)n2C)o1. The predicted octanol–water partition coefficient (Wildman–Crippen LogP) is 2.16. The second-order valence-corrected chi connectivity index (χ2v) is 10.1. The Morgan fingerprint density at radius 3 is 2.24 bits per heavy atom. The van der Waals surface area contributed by atoms with Gasteiger partial charge >= 0.3 is 17.8 Å². The molecule has 0 fully saturated rings. The van der Waals surface area contributed by atoms with Gasteiger partial charge in [-0.15, -0.1) is 10.2 Å². The zero-order valence-electron chi connectivity index (χ0n) is 22.1. The molecule has 2 heterocycles. The first kappa shape index (κ1) is 28.2. The smallest absolute Gasteiger partial charge is 0.316 e. The predicted molar refractivity (Wildman–Crippen MR) is 132 cm³/mol. The molecule has 0 saturated heterocycles. The molecule has 0 bridgehead atoms. The van der Waals surface area contributed by atoms with Crippen LogP contribution in [-0.4, -0.2) is 37.5 Å². The summed E-state index contributed by atoms with van der Waals surface area (Å²) in [7, 11) is 1.37. The Bertz CT molecular complexity index is 1440. The average Bonchev–Trinajstić information content (AvgIpc) is 3.27. The number of rotatable bonds is 7. The summed E-state index contributed by atoms with van der Waals surface area (Å²) in [6, 6.07) is 5.44. The van der Waals surface area contributed by atoms with E-state index in [-0.39, 0.29) is 24.2 Å². The van der Waals surface area contributed by atoms with Crippen LogP contribution in [0.2, 0.25) is 0 Å². The van der Waals surface area contributed by atoms with Crippen molar-refractivity contribution < 1.29 is 27.9 Å². The third-order valence-electron chi connectivity index (χ3n) is 5.34. The highest BCUT2D eigenvalue weighted by Gasteiger charge is 2.35. The number of carbonyl (C=O) groups is 3. The largest absolute Gasteiger partial charge is 0.418 e. The molecule has 0 unspecified atom stereocenters. The maximum Gasteiger partial charge on any atom is 0.316 e. The monoisotopic (exact) mass is 528 g/mol. The van der Waals surface area contributed by atoms with Gasteiger partial charge in [-0.3, -0.25) is 23.7 Å². The number of amides is 2. The second-order valence-electron chi connectivity index (χ2n) is 10.1. The summed E-state index contributed by atoms with van der Waals surface area (Å²) in [4.78, 5) is 56.2. The summed E-state index contributed by atoms with van der Waals surface area (Å²) in [5.74, 6) is -3.44. The molecule has 3 aromatic rings. The van der Waals surface area contributed by atoms with E-state index in [0.29, 0.717) is 5.56 Å². The normalized spacial score (nSPS) is 11.7. The number of nitrogens with one attached hydrogen (secondary N) is 2.